The standard InChI is InChI=1S/C19H24O3/c1-14(7-8-15-5-3-2-4-6-15)22-16-9-10-17-18(20)11-12-21-19(17)13-16/h5,9-10,13-14H,2-4,6-8,11-12H2,1H3. The van der Waals surface area contributed by atoms with Crippen molar-refractivity contribution in [3.8, 4) is 11.5 Å². The Bertz CT molecular complexity index is 574. The first-order chi connectivity index (χ1) is 10.7. The van der Waals surface area contributed by atoms with Crippen LogP contribution in [-0.4, -0.2) is 18.5 Å². The van der Waals surface area contributed by atoms with Crippen LogP contribution in [0.1, 0.15) is 62.2 Å². The van der Waals surface area contributed by atoms with Crippen molar-refractivity contribution >= 4 is 5.78 Å². The molecule has 1 unspecified atom stereocenters. The number of ketones is 1. The van der Waals surface area contributed by atoms with Crippen molar-refractivity contribution < 1.29 is 14.3 Å². The van der Waals surface area contributed by atoms with Gasteiger partial charge in [0.05, 0.1) is 18.3 Å². The van der Waals surface area contributed by atoms with E-state index in [9.17, 15) is 4.79 Å². The maximum atomic E-state index is 11.8. The largest absolute Gasteiger partial charge is 0.492 e. The molecule has 0 aromatic heterocycles. The predicted octanol–water partition coefficient (Wildman–Crippen LogP) is 4.70. The van der Waals surface area contributed by atoms with Crippen LogP contribution in [0.3, 0.4) is 0 Å². The van der Waals surface area contributed by atoms with Crippen LogP contribution in [0.4, 0.5) is 0 Å². The Kier molecular flexibility index (Phi) is 4.81. The molecule has 118 valence electrons. The van der Waals surface area contributed by atoms with Crippen molar-refractivity contribution in [2.24, 2.45) is 0 Å². The molecule has 1 aromatic carbocycles. The molecule has 0 saturated carbocycles. The van der Waals surface area contributed by atoms with E-state index in [2.05, 4.69) is 13.0 Å². The number of Topliss-reactive ketones (excluding diaryl/α,β-unsaturated/α-hetero) is 1. The van der Waals surface area contributed by atoms with Gasteiger partial charge >= 0.3 is 0 Å². The van der Waals surface area contributed by atoms with E-state index in [0.717, 1.165) is 18.6 Å². The molecule has 0 fully saturated rings. The quantitative estimate of drug-likeness (QED) is 0.739. The summed E-state index contributed by atoms with van der Waals surface area (Å²) in [4.78, 5) is 11.8. The highest BCUT2D eigenvalue weighted by Gasteiger charge is 2.19. The molecular weight excluding hydrogens is 276 g/mol. The number of allylic oxidation sites excluding steroid dienone is 2. The van der Waals surface area contributed by atoms with E-state index in [0.29, 0.717) is 24.3 Å². The molecule has 3 rings (SSSR count). The van der Waals surface area contributed by atoms with Gasteiger partial charge in [-0.25, -0.2) is 0 Å². The Labute approximate surface area is 132 Å². The molecule has 0 amide bonds. The van der Waals surface area contributed by atoms with E-state index in [1.54, 1.807) is 5.57 Å². The topological polar surface area (TPSA) is 35.5 Å². The van der Waals surface area contributed by atoms with Gasteiger partial charge in [-0.1, -0.05) is 11.6 Å². The first-order valence-electron chi connectivity index (χ1n) is 8.37. The fraction of sp³-hybridized carbons (Fsp3) is 0.526. The van der Waals surface area contributed by atoms with Crippen LogP contribution in [-0.2, 0) is 0 Å². The van der Waals surface area contributed by atoms with Crippen molar-refractivity contribution in [2.45, 2.75) is 58.0 Å². The average molecular weight is 300 g/mol. The zero-order chi connectivity index (χ0) is 15.4. The van der Waals surface area contributed by atoms with Crippen molar-refractivity contribution in [1.29, 1.82) is 0 Å². The summed E-state index contributed by atoms with van der Waals surface area (Å²) in [6.45, 7) is 2.58. The summed E-state index contributed by atoms with van der Waals surface area (Å²) in [5.41, 5.74) is 2.26. The summed E-state index contributed by atoms with van der Waals surface area (Å²) in [6, 6.07) is 5.55. The smallest absolute Gasteiger partial charge is 0.169 e. The van der Waals surface area contributed by atoms with Gasteiger partial charge in [-0.2, -0.15) is 0 Å². The zero-order valence-corrected chi connectivity index (χ0v) is 13.3. The number of carbonyl (C=O) groups excluding carboxylic acids is 1. The molecule has 0 saturated heterocycles. The Morgan fingerprint density at radius 1 is 1.27 bits per heavy atom. The van der Waals surface area contributed by atoms with Crippen molar-refractivity contribution in [2.75, 3.05) is 6.61 Å². The minimum absolute atomic E-state index is 0.157. The van der Waals surface area contributed by atoms with Gasteiger partial charge in [0.15, 0.2) is 5.78 Å². The highest BCUT2D eigenvalue weighted by molar-refractivity contribution is 5.99. The van der Waals surface area contributed by atoms with Gasteiger partial charge in [0.2, 0.25) is 0 Å². The summed E-state index contributed by atoms with van der Waals surface area (Å²) in [7, 11) is 0. The van der Waals surface area contributed by atoms with Crippen LogP contribution in [0.2, 0.25) is 0 Å². The zero-order valence-electron chi connectivity index (χ0n) is 13.3. The van der Waals surface area contributed by atoms with Gasteiger partial charge in [0.1, 0.15) is 11.5 Å². The Morgan fingerprint density at radius 2 is 2.18 bits per heavy atom. The van der Waals surface area contributed by atoms with Gasteiger partial charge in [-0.05, 0) is 57.6 Å². The molecule has 1 aliphatic carbocycles. The number of hydrogen-bond donors (Lipinski definition) is 0. The average Bonchev–Trinajstić information content (AvgIpc) is 2.54. The first-order valence-corrected chi connectivity index (χ1v) is 8.37. The molecule has 3 heteroatoms. The molecule has 1 atom stereocenters. The van der Waals surface area contributed by atoms with Crippen LogP contribution in [0.5, 0.6) is 11.5 Å². The fourth-order valence-corrected chi connectivity index (χ4v) is 3.13. The number of ether oxygens (including phenoxy) is 2. The molecule has 0 radical (unpaired) electrons. The first kappa shape index (κ1) is 15.1. The summed E-state index contributed by atoms with van der Waals surface area (Å²) >= 11 is 0. The Morgan fingerprint density at radius 3 is 3.00 bits per heavy atom. The Balaban J connectivity index is 1.56. The number of carbonyl (C=O) groups is 1. The van der Waals surface area contributed by atoms with Crippen molar-refractivity contribution in [1.82, 2.24) is 0 Å². The van der Waals surface area contributed by atoms with Crippen LogP contribution in [0, 0.1) is 0 Å². The summed E-state index contributed by atoms with van der Waals surface area (Å²) in [6.07, 6.45) is 10.3. The van der Waals surface area contributed by atoms with Gasteiger partial charge in [0, 0.05) is 12.5 Å². The molecule has 0 N–H and O–H groups in total. The van der Waals surface area contributed by atoms with E-state index in [4.69, 9.17) is 9.47 Å². The lowest BCUT2D eigenvalue weighted by atomic mass is 9.95. The van der Waals surface area contributed by atoms with E-state index in [-0.39, 0.29) is 11.9 Å². The van der Waals surface area contributed by atoms with E-state index in [1.165, 1.54) is 25.7 Å². The molecule has 1 aliphatic heterocycles. The third kappa shape index (κ3) is 3.70. The maximum absolute atomic E-state index is 11.8. The molecule has 0 spiro atoms. The van der Waals surface area contributed by atoms with Crippen molar-refractivity contribution in [3.63, 3.8) is 0 Å². The lowest BCUT2D eigenvalue weighted by molar-refractivity contribution is 0.0933. The van der Waals surface area contributed by atoms with Gasteiger partial charge in [0.25, 0.3) is 0 Å². The second kappa shape index (κ2) is 6.99. The molecule has 1 heterocycles. The van der Waals surface area contributed by atoms with Gasteiger partial charge in [-0.15, -0.1) is 0 Å². The van der Waals surface area contributed by atoms with Gasteiger partial charge in [-0.3, -0.25) is 4.79 Å². The molecular formula is C19H24O3. The highest BCUT2D eigenvalue weighted by atomic mass is 16.5. The minimum Gasteiger partial charge on any atom is -0.492 e. The predicted molar refractivity (Wildman–Crippen MR) is 86.8 cm³/mol. The third-order valence-electron chi connectivity index (χ3n) is 4.43. The Hall–Kier alpha value is -1.77. The number of fused-ring (bicyclic) bond motifs is 1. The van der Waals surface area contributed by atoms with E-state index < -0.39 is 0 Å². The van der Waals surface area contributed by atoms with E-state index in [1.807, 2.05) is 18.2 Å². The molecule has 22 heavy (non-hydrogen) atoms. The van der Waals surface area contributed by atoms with Crippen molar-refractivity contribution in [3.05, 3.63) is 35.4 Å². The van der Waals surface area contributed by atoms with Crippen LogP contribution in [0.25, 0.3) is 0 Å². The molecule has 2 aliphatic rings. The van der Waals surface area contributed by atoms with Crippen LogP contribution in [0.15, 0.2) is 29.8 Å². The highest BCUT2D eigenvalue weighted by Crippen LogP contribution is 2.30. The summed E-state index contributed by atoms with van der Waals surface area (Å²) in [5.74, 6) is 1.61. The molecule has 1 aromatic rings. The number of hydrogen-bond acceptors (Lipinski definition) is 3. The SMILES string of the molecule is CC(CCC1=CCCCC1)Oc1ccc2c(c1)OCCC2=O. The molecule has 3 nitrogen and oxygen atoms in total. The lowest BCUT2D eigenvalue weighted by Crippen LogP contribution is -2.16. The molecule has 0 bridgehead atoms. The second-order valence-corrected chi connectivity index (χ2v) is 6.25. The second-order valence-electron chi connectivity index (χ2n) is 6.25. The normalized spacial score (nSPS) is 19.0. The fourth-order valence-electron chi connectivity index (χ4n) is 3.13. The monoisotopic (exact) mass is 300 g/mol. The number of benzene rings is 1. The van der Waals surface area contributed by atoms with Gasteiger partial charge < -0.3 is 9.47 Å². The maximum Gasteiger partial charge on any atom is 0.169 e. The third-order valence-corrected chi connectivity index (χ3v) is 4.43. The number of rotatable bonds is 5. The lowest BCUT2D eigenvalue weighted by Gasteiger charge is -2.20. The minimum atomic E-state index is 0.157. The summed E-state index contributed by atoms with van der Waals surface area (Å²) < 4.78 is 11.5. The van der Waals surface area contributed by atoms with E-state index >= 15 is 0 Å². The van der Waals surface area contributed by atoms with Crippen LogP contribution >= 0.6 is 0 Å². The van der Waals surface area contributed by atoms with Crippen LogP contribution < -0.4 is 9.47 Å². The summed E-state index contributed by atoms with van der Waals surface area (Å²) in [5, 5.41) is 0.